The van der Waals surface area contributed by atoms with Gasteiger partial charge in [-0.1, -0.05) is 36.3 Å². The van der Waals surface area contributed by atoms with Crippen LogP contribution in [0.4, 0.5) is 17.1 Å². The lowest BCUT2D eigenvalue weighted by atomic mass is 10.0. The number of ether oxygens (including phenoxy) is 1. The van der Waals surface area contributed by atoms with Crippen LogP contribution in [0.15, 0.2) is 76.1 Å². The van der Waals surface area contributed by atoms with Gasteiger partial charge in [-0.15, -0.1) is 0 Å². The molecule has 13 nitrogen and oxygen atoms in total. The molecule has 0 fully saturated rings. The zero-order valence-corrected chi connectivity index (χ0v) is 29.7. The third-order valence-corrected chi connectivity index (χ3v) is 10.4. The molecule has 1 aromatic heterocycles. The van der Waals surface area contributed by atoms with E-state index >= 15 is 0 Å². The first-order valence-electron chi connectivity index (χ1n) is 16.3. The molecule has 0 radical (unpaired) electrons. The number of hydrogen-bond acceptors (Lipinski definition) is 10. The summed E-state index contributed by atoms with van der Waals surface area (Å²) in [4.78, 5) is 30.1. The number of para-hydroxylation sites is 2. The van der Waals surface area contributed by atoms with E-state index in [1.54, 1.807) is 73.3 Å². The van der Waals surface area contributed by atoms with Gasteiger partial charge in [0.2, 0.25) is 5.91 Å². The third-order valence-electron chi connectivity index (χ3n) is 8.77. The first-order chi connectivity index (χ1) is 23.7. The molecule has 0 spiro atoms. The minimum absolute atomic E-state index is 0.0384. The second kappa shape index (κ2) is 15.3. The fourth-order valence-corrected chi connectivity index (χ4v) is 7.41. The number of nitrogens with one attached hydrogen (secondary N) is 2. The molecule has 4 aromatic rings. The second-order valence-electron chi connectivity index (χ2n) is 12.9. The number of aryl methyl sites for hydroxylation is 2. The number of rotatable bonds is 11. The Morgan fingerprint density at radius 2 is 1.86 bits per heavy atom. The lowest BCUT2D eigenvalue weighted by Gasteiger charge is -2.34. The van der Waals surface area contributed by atoms with Crippen molar-refractivity contribution in [3.63, 3.8) is 0 Å². The summed E-state index contributed by atoms with van der Waals surface area (Å²) in [6.45, 7) is 8.07. The smallest absolute Gasteiger partial charge is 0.267 e. The molecule has 2 heterocycles. The maximum absolute atomic E-state index is 13.6. The molecule has 3 aromatic carbocycles. The van der Waals surface area contributed by atoms with Gasteiger partial charge in [0, 0.05) is 42.4 Å². The monoisotopic (exact) mass is 704 g/mol. The highest BCUT2D eigenvalue weighted by atomic mass is 32.2. The van der Waals surface area contributed by atoms with Crippen molar-refractivity contribution < 1.29 is 32.4 Å². The number of nitrogens with zero attached hydrogens (tertiary/aromatic N) is 3. The second-order valence-corrected chi connectivity index (χ2v) is 14.5. The molecule has 3 atom stereocenters. The number of likely N-dealkylation sites (N-methyl/N-ethyl adjacent to an activating group) is 1. The summed E-state index contributed by atoms with van der Waals surface area (Å²) in [5.41, 5.74) is 9.49. The SMILES string of the molecule is Cc1noc(C)c1S(=O)(=O)Nc1ccc2c(c1)CC(=O)N([C@H](C)CO)C[C@@H](C)[C@H](CN(C)Cc1ccc(C(=O)Nc3ccccc3N)cc1)O2. The van der Waals surface area contributed by atoms with Gasteiger partial charge in [0.05, 0.1) is 30.4 Å². The number of nitrogen functional groups attached to an aromatic ring is 1. The highest BCUT2D eigenvalue weighted by Gasteiger charge is 2.32. The first kappa shape index (κ1) is 36.4. The summed E-state index contributed by atoms with van der Waals surface area (Å²) in [5, 5.41) is 16.6. The highest BCUT2D eigenvalue weighted by molar-refractivity contribution is 7.92. The Balaban J connectivity index is 1.34. The van der Waals surface area contributed by atoms with E-state index in [0.717, 1.165) is 5.56 Å². The molecule has 14 heteroatoms. The minimum atomic E-state index is -4.02. The maximum atomic E-state index is 13.6. The normalized spacial score (nSPS) is 17.3. The van der Waals surface area contributed by atoms with Gasteiger partial charge in [-0.3, -0.25) is 19.2 Å². The van der Waals surface area contributed by atoms with Gasteiger partial charge in [0.1, 0.15) is 17.5 Å². The fourth-order valence-electron chi connectivity index (χ4n) is 6.03. The van der Waals surface area contributed by atoms with Crippen LogP contribution in [0.25, 0.3) is 0 Å². The van der Waals surface area contributed by atoms with Gasteiger partial charge < -0.3 is 30.3 Å². The van der Waals surface area contributed by atoms with Gasteiger partial charge in [0.15, 0.2) is 10.7 Å². The Morgan fingerprint density at radius 3 is 2.52 bits per heavy atom. The first-order valence-corrected chi connectivity index (χ1v) is 17.8. The summed E-state index contributed by atoms with van der Waals surface area (Å²) < 4.78 is 40.7. The lowest BCUT2D eigenvalue weighted by molar-refractivity contribution is -0.134. The molecule has 1 aliphatic rings. The van der Waals surface area contributed by atoms with Crippen LogP contribution in [-0.2, 0) is 27.8 Å². The molecule has 0 bridgehead atoms. The molecule has 5 N–H and O–H groups in total. The molecule has 0 aliphatic carbocycles. The predicted octanol–water partition coefficient (Wildman–Crippen LogP) is 4.21. The zero-order valence-electron chi connectivity index (χ0n) is 28.8. The standard InChI is InChI=1S/C36H44N6O7S/c1-22-18-42(23(2)21-43)34(44)17-28-16-29(40-50(46,47)35-24(3)39-49-25(35)4)14-15-32(28)48-33(22)20-41(5)19-26-10-12-27(13-11-26)36(45)38-31-9-7-6-8-30(31)37/h6-16,22-23,33,40,43H,17-21,37H2,1-5H3,(H,38,45)/t22-,23-,33+/m1/s1. The third kappa shape index (κ3) is 8.44. The number of aromatic nitrogens is 1. The number of benzene rings is 3. The topological polar surface area (TPSA) is 180 Å². The van der Waals surface area contributed by atoms with Crippen LogP contribution in [0.2, 0.25) is 0 Å². The Kier molecular flexibility index (Phi) is 11.1. The number of hydrogen-bond donors (Lipinski definition) is 4. The summed E-state index contributed by atoms with van der Waals surface area (Å²) in [6, 6.07) is 18.9. The van der Waals surface area contributed by atoms with Crippen LogP contribution in [-0.4, -0.2) is 79.2 Å². The van der Waals surface area contributed by atoms with Crippen molar-refractivity contribution in [3.05, 3.63) is 94.9 Å². The Hall–Kier alpha value is -4.92. The number of amides is 2. The Labute approximate surface area is 292 Å². The van der Waals surface area contributed by atoms with Crippen molar-refractivity contribution in [3.8, 4) is 5.75 Å². The molecule has 0 unspecified atom stereocenters. The van der Waals surface area contributed by atoms with E-state index in [1.807, 2.05) is 26.1 Å². The molecular weight excluding hydrogens is 660 g/mol. The number of fused-ring (bicyclic) bond motifs is 1. The van der Waals surface area contributed by atoms with Crippen LogP contribution in [0, 0.1) is 19.8 Å². The Bertz CT molecular complexity index is 1930. The van der Waals surface area contributed by atoms with Crippen LogP contribution in [0.3, 0.4) is 0 Å². The van der Waals surface area contributed by atoms with Crippen molar-refractivity contribution >= 4 is 38.9 Å². The summed E-state index contributed by atoms with van der Waals surface area (Å²) >= 11 is 0. The van der Waals surface area contributed by atoms with E-state index < -0.39 is 16.1 Å². The van der Waals surface area contributed by atoms with Crippen molar-refractivity contribution in [1.82, 2.24) is 15.0 Å². The van der Waals surface area contributed by atoms with E-state index in [9.17, 15) is 23.1 Å². The average Bonchev–Trinajstić information content (AvgIpc) is 3.44. The van der Waals surface area contributed by atoms with Gasteiger partial charge in [-0.2, -0.15) is 0 Å². The zero-order chi connectivity index (χ0) is 36.2. The van der Waals surface area contributed by atoms with Gasteiger partial charge in [0.25, 0.3) is 15.9 Å². The van der Waals surface area contributed by atoms with Gasteiger partial charge in [-0.25, -0.2) is 8.42 Å². The summed E-state index contributed by atoms with van der Waals surface area (Å²) in [5.74, 6) is 0.0422. The van der Waals surface area contributed by atoms with E-state index in [-0.39, 0.29) is 58.9 Å². The van der Waals surface area contributed by atoms with Crippen LogP contribution >= 0.6 is 0 Å². The van der Waals surface area contributed by atoms with Crippen molar-refractivity contribution in [2.45, 2.75) is 57.7 Å². The number of nitrogens with two attached hydrogens (primary N) is 1. The summed E-state index contributed by atoms with van der Waals surface area (Å²) in [7, 11) is -2.05. The van der Waals surface area contributed by atoms with Crippen molar-refractivity contribution in [1.29, 1.82) is 0 Å². The molecule has 0 saturated heterocycles. The molecule has 50 heavy (non-hydrogen) atoms. The van der Waals surface area contributed by atoms with E-state index in [1.165, 1.54) is 6.92 Å². The van der Waals surface area contributed by atoms with Crippen molar-refractivity contribution in [2.75, 3.05) is 42.5 Å². The number of aliphatic hydroxyl groups is 1. The van der Waals surface area contributed by atoms with Gasteiger partial charge >= 0.3 is 0 Å². The molecular formula is C36H44N6O7S. The van der Waals surface area contributed by atoms with E-state index in [4.69, 9.17) is 15.0 Å². The Morgan fingerprint density at radius 1 is 1.14 bits per heavy atom. The molecule has 2 amide bonds. The number of carbonyl (C=O) groups is 2. The fraction of sp³-hybridized carbons (Fsp3) is 0.361. The van der Waals surface area contributed by atoms with E-state index in [2.05, 4.69) is 20.1 Å². The average molecular weight is 705 g/mol. The van der Waals surface area contributed by atoms with E-state index in [0.29, 0.717) is 47.9 Å². The van der Waals surface area contributed by atoms with Gasteiger partial charge in [-0.05, 0) is 75.8 Å². The number of aliphatic hydroxyl groups excluding tert-OH is 1. The van der Waals surface area contributed by atoms with Crippen molar-refractivity contribution in [2.24, 2.45) is 5.92 Å². The lowest BCUT2D eigenvalue weighted by Crippen LogP contribution is -2.47. The minimum Gasteiger partial charge on any atom is -0.488 e. The molecule has 1 aliphatic heterocycles. The van der Waals surface area contributed by atoms with Crippen LogP contribution < -0.4 is 20.5 Å². The maximum Gasteiger partial charge on any atom is 0.267 e. The van der Waals surface area contributed by atoms with Crippen LogP contribution in [0.5, 0.6) is 5.75 Å². The number of sulfonamides is 1. The predicted molar refractivity (Wildman–Crippen MR) is 190 cm³/mol. The molecule has 5 rings (SSSR count). The number of carbonyl (C=O) groups excluding carboxylic acids is 2. The summed E-state index contributed by atoms with van der Waals surface area (Å²) in [6.07, 6.45) is -0.420. The molecule has 0 saturated carbocycles. The molecule has 266 valence electrons. The quantitative estimate of drug-likeness (QED) is 0.165. The highest BCUT2D eigenvalue weighted by Crippen LogP contribution is 2.31. The number of anilines is 3. The van der Waals surface area contributed by atoms with Crippen LogP contribution in [0.1, 0.15) is 46.8 Å². The largest absolute Gasteiger partial charge is 0.488 e.